The van der Waals surface area contributed by atoms with E-state index in [1.165, 1.54) is 28.6 Å². The van der Waals surface area contributed by atoms with Gasteiger partial charge in [0.1, 0.15) is 43.2 Å². The number of hydrogen-bond acceptors (Lipinski definition) is 11. The van der Waals surface area contributed by atoms with Crippen LogP contribution in [0, 0.1) is 6.92 Å². The summed E-state index contributed by atoms with van der Waals surface area (Å²) in [5, 5.41) is 15.8. The average Bonchev–Trinajstić information content (AvgIpc) is 3.49. The highest BCUT2D eigenvalue weighted by Gasteiger charge is 2.54. The number of carbonyl (C=O) groups is 3. The van der Waals surface area contributed by atoms with Crippen LogP contribution in [0.4, 0.5) is 5.13 Å². The number of anilines is 1. The van der Waals surface area contributed by atoms with Crippen molar-refractivity contribution >= 4 is 68.1 Å². The smallest absolute Gasteiger partial charge is 0.352 e. The molecule has 0 unspecified atom stereocenters. The lowest BCUT2D eigenvalue weighted by atomic mass is 10.0. The minimum Gasteiger partial charge on any atom is -0.477 e. The highest BCUT2D eigenvalue weighted by molar-refractivity contribution is 8.00. The molecule has 2 aliphatic heterocycles. The lowest BCUT2D eigenvalue weighted by Gasteiger charge is -2.49. The molecule has 0 spiro atoms. The number of amides is 2. The number of carboxylic acids is 1. The number of nitrogens with zero attached hydrogens (tertiary/aromatic N) is 6. The zero-order valence-corrected chi connectivity index (χ0v) is 20.8. The lowest BCUT2D eigenvalue weighted by molar-refractivity contribution is -0.687. The molecule has 1 saturated heterocycles. The number of thioether (sulfide) groups is 1. The molecular weight excluding hydrogens is 516 g/mol. The number of fused-ring (bicyclic) bond motifs is 2. The van der Waals surface area contributed by atoms with E-state index < -0.39 is 29.2 Å². The van der Waals surface area contributed by atoms with Crippen LogP contribution < -0.4 is 15.6 Å². The zero-order chi connectivity index (χ0) is 24.9. The monoisotopic (exact) mass is 535 g/mol. The maximum atomic E-state index is 13.0. The first-order chi connectivity index (χ1) is 16.8. The quantitative estimate of drug-likeness (QED) is 0.161. The van der Waals surface area contributed by atoms with Crippen molar-refractivity contribution in [3.8, 4) is 0 Å². The first-order valence-corrected chi connectivity index (χ1v) is 12.8. The van der Waals surface area contributed by atoms with Crippen molar-refractivity contribution in [3.05, 3.63) is 40.7 Å². The van der Waals surface area contributed by atoms with Crippen molar-refractivity contribution < 1.29 is 28.9 Å². The fourth-order valence-electron chi connectivity index (χ4n) is 3.95. The standard InChI is InChI=1S/C19H18N8O5S3/c1-8-3-26-7-25(5-10(26)34-8)4-9-6-33-17-12(16(29)27(17)13(9)18(30)31)21-15(28)11(23-32-2)14-22-19(20)35-24-14/h3,5,7,12,17H,4,6H2,1-2H3,(H3-,20,21,22,24,28,30,31)/p+1/b23-11-/t12-,17-/m1/s1. The van der Waals surface area contributed by atoms with E-state index in [4.69, 9.17) is 10.6 Å². The van der Waals surface area contributed by atoms with Gasteiger partial charge in [0.05, 0.1) is 0 Å². The summed E-state index contributed by atoms with van der Waals surface area (Å²) in [6.07, 6.45) is 5.83. The molecular formula is C19H19N8O5S3+. The molecule has 2 aliphatic rings. The Morgan fingerprint density at radius 2 is 2.26 bits per heavy atom. The summed E-state index contributed by atoms with van der Waals surface area (Å²) in [4.78, 5) is 50.0. The van der Waals surface area contributed by atoms with Gasteiger partial charge in [0.25, 0.3) is 11.8 Å². The summed E-state index contributed by atoms with van der Waals surface area (Å²) in [5.74, 6) is -2.08. The van der Waals surface area contributed by atoms with Crippen LogP contribution in [0.15, 0.2) is 35.1 Å². The second-order valence-electron chi connectivity index (χ2n) is 7.70. The van der Waals surface area contributed by atoms with Crippen LogP contribution in [0.1, 0.15) is 10.7 Å². The molecule has 13 nitrogen and oxygen atoms in total. The molecule has 0 aliphatic carbocycles. The molecule has 1 fully saturated rings. The van der Waals surface area contributed by atoms with Gasteiger partial charge in [-0.1, -0.05) is 16.5 Å². The number of oxime groups is 1. The number of nitrogens with two attached hydrogens (primary N) is 1. The van der Waals surface area contributed by atoms with Gasteiger partial charge in [-0.05, 0) is 6.92 Å². The van der Waals surface area contributed by atoms with E-state index in [-0.39, 0.29) is 22.4 Å². The number of aliphatic carboxylic acids is 1. The van der Waals surface area contributed by atoms with Crippen molar-refractivity contribution in [2.24, 2.45) is 5.16 Å². The van der Waals surface area contributed by atoms with Gasteiger partial charge in [-0.25, -0.2) is 9.36 Å². The van der Waals surface area contributed by atoms with E-state index in [0.29, 0.717) is 17.9 Å². The number of carbonyl (C=O) groups excluding carboxylic acids is 2. The van der Waals surface area contributed by atoms with Crippen LogP contribution in [0.25, 0.3) is 4.83 Å². The Morgan fingerprint density at radius 1 is 1.46 bits per heavy atom. The fourth-order valence-corrected chi connectivity index (χ4v) is 6.61. The van der Waals surface area contributed by atoms with Crippen LogP contribution in [0.2, 0.25) is 0 Å². The molecule has 3 aromatic heterocycles. The van der Waals surface area contributed by atoms with Crippen LogP contribution >= 0.6 is 34.6 Å². The second kappa shape index (κ2) is 8.94. The molecule has 2 atom stereocenters. The molecule has 16 heteroatoms. The number of imidazole rings is 1. The fraction of sp³-hybridized carbons (Fsp3) is 0.316. The van der Waals surface area contributed by atoms with Crippen LogP contribution in [-0.2, 0) is 25.8 Å². The largest absolute Gasteiger partial charge is 0.477 e. The first-order valence-electron chi connectivity index (χ1n) is 10.2. The summed E-state index contributed by atoms with van der Waals surface area (Å²) >= 11 is 3.90. The van der Waals surface area contributed by atoms with Gasteiger partial charge in [-0.2, -0.15) is 13.8 Å². The first kappa shape index (κ1) is 23.3. The number of aromatic nitrogens is 4. The van der Waals surface area contributed by atoms with Gasteiger partial charge in [0.15, 0.2) is 5.13 Å². The van der Waals surface area contributed by atoms with Crippen molar-refractivity contribution in [2.75, 3.05) is 18.6 Å². The third kappa shape index (κ3) is 4.12. The minimum absolute atomic E-state index is 0.0279. The summed E-state index contributed by atoms with van der Waals surface area (Å²) in [5.41, 5.74) is 5.91. The van der Waals surface area contributed by atoms with E-state index in [0.717, 1.165) is 16.4 Å². The van der Waals surface area contributed by atoms with Gasteiger partial charge in [0.2, 0.25) is 22.7 Å². The summed E-state index contributed by atoms with van der Waals surface area (Å²) in [6, 6.07) is -0.933. The molecule has 35 heavy (non-hydrogen) atoms. The van der Waals surface area contributed by atoms with Crippen molar-refractivity contribution in [3.63, 3.8) is 0 Å². The number of rotatable bonds is 7. The number of aryl methyl sites for hydroxylation is 1. The predicted octanol–water partition coefficient (Wildman–Crippen LogP) is -0.180. The average molecular weight is 536 g/mol. The Labute approximate surface area is 210 Å². The molecule has 0 radical (unpaired) electrons. The lowest BCUT2D eigenvalue weighted by Crippen LogP contribution is -2.71. The molecule has 3 aromatic rings. The second-order valence-corrected chi connectivity index (χ2v) is 10.9. The van der Waals surface area contributed by atoms with Crippen molar-refractivity contribution in [2.45, 2.75) is 24.9 Å². The van der Waals surface area contributed by atoms with Crippen molar-refractivity contribution in [1.29, 1.82) is 0 Å². The zero-order valence-electron chi connectivity index (χ0n) is 18.4. The maximum Gasteiger partial charge on any atom is 0.352 e. The Balaban J connectivity index is 1.35. The van der Waals surface area contributed by atoms with E-state index in [1.54, 1.807) is 11.3 Å². The van der Waals surface area contributed by atoms with E-state index in [2.05, 4.69) is 19.8 Å². The maximum absolute atomic E-state index is 13.0. The Kier molecular flexibility index (Phi) is 5.94. The molecule has 5 heterocycles. The predicted molar refractivity (Wildman–Crippen MR) is 128 cm³/mol. The number of thiazole rings is 1. The van der Waals surface area contributed by atoms with Gasteiger partial charge < -0.3 is 21.0 Å². The topological polar surface area (TPSA) is 168 Å². The van der Waals surface area contributed by atoms with Gasteiger partial charge in [-0.15, -0.1) is 11.8 Å². The van der Waals surface area contributed by atoms with Crippen molar-refractivity contribution in [1.82, 2.24) is 24.0 Å². The van der Waals surface area contributed by atoms with E-state index >= 15 is 0 Å². The number of β-lactam (4-membered cyclic amide) rings is 1. The Bertz CT molecular complexity index is 1390. The van der Waals surface area contributed by atoms with Crippen LogP contribution in [-0.4, -0.2) is 71.5 Å². The SMILES string of the molecule is CO/N=C(\C(=O)N[C@@H]1C(=O)N2C(C(=O)O)=C(C[n+]3cc4sc(C)cn4c3)CS[C@H]12)c1nsc(N)n1. The number of nitrogens with one attached hydrogen (secondary N) is 1. The Morgan fingerprint density at radius 3 is 2.91 bits per heavy atom. The summed E-state index contributed by atoms with van der Waals surface area (Å²) in [7, 11) is 1.26. The highest BCUT2D eigenvalue weighted by Crippen LogP contribution is 2.40. The number of nitrogen functional groups attached to an aromatic ring is 1. The normalized spacial score (nSPS) is 20.1. The van der Waals surface area contributed by atoms with Crippen LogP contribution in [0.5, 0.6) is 0 Å². The van der Waals surface area contributed by atoms with Crippen LogP contribution in [0.3, 0.4) is 0 Å². The summed E-state index contributed by atoms with van der Waals surface area (Å²) < 4.78 is 7.83. The molecule has 182 valence electrons. The number of carboxylic acid groups (broad SMARTS) is 1. The molecule has 2 amide bonds. The highest BCUT2D eigenvalue weighted by atomic mass is 32.2. The third-order valence-corrected chi connectivity index (χ3v) is 8.19. The minimum atomic E-state index is -1.19. The molecule has 0 saturated carbocycles. The Hall–Kier alpha value is -3.50. The third-order valence-electron chi connectivity index (χ3n) is 5.35. The molecule has 0 bridgehead atoms. The molecule has 4 N–H and O–H groups in total. The van der Waals surface area contributed by atoms with E-state index in [9.17, 15) is 19.5 Å². The van der Waals surface area contributed by atoms with Gasteiger partial charge in [0, 0.05) is 27.7 Å². The van der Waals surface area contributed by atoms with Gasteiger partial charge in [-0.3, -0.25) is 14.5 Å². The number of hydrogen-bond donors (Lipinski definition) is 3. The molecule has 5 rings (SSSR count). The van der Waals surface area contributed by atoms with E-state index in [1.807, 2.05) is 34.6 Å². The molecule has 0 aromatic carbocycles. The summed E-state index contributed by atoms with van der Waals surface area (Å²) in [6.45, 7) is 2.35. The van der Waals surface area contributed by atoms with Gasteiger partial charge >= 0.3 is 5.97 Å².